The van der Waals surface area contributed by atoms with Gasteiger partial charge >= 0.3 is 5.97 Å². The van der Waals surface area contributed by atoms with Gasteiger partial charge in [-0.2, -0.15) is 0 Å². The molecule has 32 heavy (non-hydrogen) atoms. The number of esters is 1. The molecule has 1 aromatic carbocycles. The Morgan fingerprint density at radius 2 is 1.91 bits per heavy atom. The standard InChI is InChI=1S/C25H28N2O4S/c1-15(28)26-23-22(17-9-5-8-12-20(17)32-23)24(30)31-14-16(29)13-21-25(2,3)18-10-6-7-11-19(18)27(21)4/h6-7,10-11,13H,5,8-9,12,14H2,1-4H3,(H,26,28). The van der Waals surface area contributed by atoms with Crippen molar-refractivity contribution in [1.29, 1.82) is 0 Å². The first kappa shape index (κ1) is 22.3. The molecule has 2 aliphatic rings. The van der Waals surface area contributed by atoms with Gasteiger partial charge in [-0.05, 0) is 42.9 Å². The van der Waals surface area contributed by atoms with E-state index in [1.165, 1.54) is 18.3 Å². The van der Waals surface area contributed by atoms with Gasteiger partial charge in [0.05, 0.1) is 5.56 Å². The highest BCUT2D eigenvalue weighted by atomic mass is 32.1. The fourth-order valence-corrected chi connectivity index (χ4v) is 6.02. The summed E-state index contributed by atoms with van der Waals surface area (Å²) >= 11 is 1.44. The highest BCUT2D eigenvalue weighted by molar-refractivity contribution is 7.17. The van der Waals surface area contributed by atoms with Gasteiger partial charge in [0.25, 0.3) is 0 Å². The predicted molar refractivity (Wildman–Crippen MR) is 127 cm³/mol. The van der Waals surface area contributed by atoms with E-state index in [-0.39, 0.29) is 23.7 Å². The van der Waals surface area contributed by atoms with Crippen LogP contribution in [0, 0.1) is 0 Å². The number of amides is 1. The minimum atomic E-state index is -0.553. The summed E-state index contributed by atoms with van der Waals surface area (Å²) in [5, 5.41) is 3.28. The molecule has 4 rings (SSSR count). The maximum Gasteiger partial charge on any atom is 0.341 e. The molecule has 0 unspecified atom stereocenters. The summed E-state index contributed by atoms with van der Waals surface area (Å²) in [5.41, 5.74) is 4.13. The second-order valence-electron chi connectivity index (χ2n) is 8.87. The van der Waals surface area contributed by atoms with E-state index >= 15 is 0 Å². The van der Waals surface area contributed by atoms with Gasteiger partial charge in [-0.1, -0.05) is 32.0 Å². The first-order valence-corrected chi connectivity index (χ1v) is 11.7. The number of para-hydroxylation sites is 1. The molecule has 2 heterocycles. The summed E-state index contributed by atoms with van der Waals surface area (Å²) in [6, 6.07) is 8.08. The number of hydrogen-bond donors (Lipinski definition) is 1. The van der Waals surface area contributed by atoms with Gasteiger partial charge in [0.15, 0.2) is 12.4 Å². The van der Waals surface area contributed by atoms with Gasteiger partial charge in [-0.15, -0.1) is 11.3 Å². The summed E-state index contributed by atoms with van der Waals surface area (Å²) in [5.74, 6) is -1.06. The van der Waals surface area contributed by atoms with E-state index < -0.39 is 5.97 Å². The summed E-state index contributed by atoms with van der Waals surface area (Å²) in [4.78, 5) is 40.5. The lowest BCUT2D eigenvalue weighted by Gasteiger charge is -2.23. The maximum atomic E-state index is 12.9. The molecule has 1 N–H and O–H groups in total. The van der Waals surface area contributed by atoms with E-state index in [1.54, 1.807) is 6.08 Å². The molecule has 0 spiro atoms. The normalized spacial score (nSPS) is 17.6. The van der Waals surface area contributed by atoms with Crippen LogP contribution in [0.5, 0.6) is 0 Å². The predicted octanol–water partition coefficient (Wildman–Crippen LogP) is 4.62. The highest BCUT2D eigenvalue weighted by Gasteiger charge is 2.38. The van der Waals surface area contributed by atoms with Crippen molar-refractivity contribution in [1.82, 2.24) is 0 Å². The lowest BCUT2D eigenvalue weighted by atomic mass is 9.83. The minimum absolute atomic E-state index is 0.232. The topological polar surface area (TPSA) is 75.7 Å². The van der Waals surface area contributed by atoms with Crippen LogP contribution in [0.1, 0.15) is 60.0 Å². The summed E-state index contributed by atoms with van der Waals surface area (Å²) in [6.45, 7) is 5.24. The fraction of sp³-hybridized carbons (Fsp3) is 0.400. The second kappa shape index (κ2) is 8.54. The van der Waals surface area contributed by atoms with Crippen LogP contribution in [0.3, 0.4) is 0 Å². The van der Waals surface area contributed by atoms with Gasteiger partial charge in [0, 0.05) is 41.7 Å². The van der Waals surface area contributed by atoms with E-state index in [1.807, 2.05) is 30.1 Å². The number of nitrogens with one attached hydrogen (secondary N) is 1. The van der Waals surface area contributed by atoms with Crippen molar-refractivity contribution in [3.05, 3.63) is 57.6 Å². The van der Waals surface area contributed by atoms with Crippen LogP contribution in [0.15, 0.2) is 36.0 Å². The zero-order chi connectivity index (χ0) is 23.0. The Kier molecular flexibility index (Phi) is 5.95. The molecule has 7 heteroatoms. The number of nitrogens with zero attached hydrogens (tertiary/aromatic N) is 1. The van der Waals surface area contributed by atoms with E-state index in [0.29, 0.717) is 10.6 Å². The largest absolute Gasteiger partial charge is 0.454 e. The number of thiophene rings is 1. The lowest BCUT2D eigenvalue weighted by Crippen LogP contribution is -2.25. The summed E-state index contributed by atoms with van der Waals surface area (Å²) < 4.78 is 5.43. The van der Waals surface area contributed by atoms with E-state index in [4.69, 9.17) is 4.74 Å². The molecule has 0 saturated heterocycles. The molecular weight excluding hydrogens is 424 g/mol. The van der Waals surface area contributed by atoms with Gasteiger partial charge in [-0.3, -0.25) is 9.59 Å². The molecule has 168 valence electrons. The lowest BCUT2D eigenvalue weighted by molar-refractivity contribution is -0.117. The molecule has 0 radical (unpaired) electrons. The molecule has 0 fully saturated rings. The summed E-state index contributed by atoms with van der Waals surface area (Å²) in [7, 11) is 1.94. The third-order valence-electron chi connectivity index (χ3n) is 6.25. The molecule has 0 saturated carbocycles. The second-order valence-corrected chi connectivity index (χ2v) is 9.97. The third kappa shape index (κ3) is 3.97. The number of ether oxygens (including phenoxy) is 1. The number of ketones is 1. The Hall–Kier alpha value is -2.93. The molecule has 0 atom stereocenters. The Morgan fingerprint density at radius 1 is 1.19 bits per heavy atom. The number of anilines is 2. The smallest absolute Gasteiger partial charge is 0.341 e. The van der Waals surface area contributed by atoms with E-state index in [0.717, 1.165) is 53.1 Å². The van der Waals surface area contributed by atoms with Crippen LogP contribution in [0.2, 0.25) is 0 Å². The molecule has 1 aromatic heterocycles. The quantitative estimate of drug-likeness (QED) is 0.529. The van der Waals surface area contributed by atoms with Gasteiger partial charge in [0.1, 0.15) is 5.00 Å². The fourth-order valence-electron chi connectivity index (χ4n) is 4.69. The van der Waals surface area contributed by atoms with Crippen molar-refractivity contribution in [3.8, 4) is 0 Å². The van der Waals surface area contributed by atoms with Gasteiger partial charge < -0.3 is 15.0 Å². The molecule has 0 bridgehead atoms. The van der Waals surface area contributed by atoms with Crippen molar-refractivity contribution >= 4 is 39.7 Å². The van der Waals surface area contributed by atoms with Crippen molar-refractivity contribution in [2.75, 3.05) is 23.9 Å². The van der Waals surface area contributed by atoms with Crippen molar-refractivity contribution in [3.63, 3.8) is 0 Å². The number of rotatable bonds is 5. The minimum Gasteiger partial charge on any atom is -0.454 e. The number of benzene rings is 1. The molecular formula is C25H28N2O4S. The Balaban J connectivity index is 1.51. The number of aryl methyl sites for hydroxylation is 1. The Morgan fingerprint density at radius 3 is 2.62 bits per heavy atom. The number of hydrogen-bond acceptors (Lipinski definition) is 6. The molecule has 6 nitrogen and oxygen atoms in total. The average Bonchev–Trinajstić information content (AvgIpc) is 3.20. The maximum absolute atomic E-state index is 12.9. The number of likely N-dealkylation sites (N-methyl/N-ethyl adjacent to an activating group) is 1. The van der Waals surface area contributed by atoms with Crippen LogP contribution >= 0.6 is 11.3 Å². The van der Waals surface area contributed by atoms with Crippen LogP contribution in [0.4, 0.5) is 10.7 Å². The number of fused-ring (bicyclic) bond motifs is 2. The zero-order valence-electron chi connectivity index (χ0n) is 18.9. The summed E-state index contributed by atoms with van der Waals surface area (Å²) in [6.07, 6.45) is 5.32. The first-order valence-electron chi connectivity index (χ1n) is 10.9. The van der Waals surface area contributed by atoms with E-state index in [2.05, 4.69) is 25.2 Å². The molecule has 1 aliphatic heterocycles. The van der Waals surface area contributed by atoms with Crippen molar-refractivity contribution in [2.45, 2.75) is 51.9 Å². The van der Waals surface area contributed by atoms with E-state index in [9.17, 15) is 14.4 Å². The molecule has 1 amide bonds. The Labute approximate surface area is 192 Å². The van der Waals surface area contributed by atoms with Crippen molar-refractivity contribution < 1.29 is 19.1 Å². The molecule has 1 aliphatic carbocycles. The average molecular weight is 453 g/mol. The first-order chi connectivity index (χ1) is 15.2. The number of carbonyl (C=O) groups is 3. The Bertz CT molecular complexity index is 1130. The SMILES string of the molecule is CC(=O)Nc1sc2c(c1C(=O)OCC(=O)C=C1N(C)c3ccccc3C1(C)C)CCCC2. The van der Waals surface area contributed by atoms with Crippen LogP contribution in [0.25, 0.3) is 0 Å². The number of allylic oxidation sites excluding steroid dienone is 1. The highest BCUT2D eigenvalue weighted by Crippen LogP contribution is 2.46. The molecule has 2 aromatic rings. The van der Waals surface area contributed by atoms with Crippen LogP contribution < -0.4 is 10.2 Å². The van der Waals surface area contributed by atoms with Crippen LogP contribution in [-0.4, -0.2) is 31.3 Å². The number of carbonyl (C=O) groups excluding carboxylic acids is 3. The zero-order valence-corrected chi connectivity index (χ0v) is 19.7. The third-order valence-corrected chi connectivity index (χ3v) is 7.46. The monoisotopic (exact) mass is 452 g/mol. The van der Waals surface area contributed by atoms with Gasteiger partial charge in [-0.25, -0.2) is 4.79 Å². The van der Waals surface area contributed by atoms with Gasteiger partial charge in [0.2, 0.25) is 5.91 Å². The van der Waals surface area contributed by atoms with Crippen molar-refractivity contribution in [2.24, 2.45) is 0 Å². The van der Waals surface area contributed by atoms with Crippen LogP contribution in [-0.2, 0) is 32.6 Å².